The van der Waals surface area contributed by atoms with Crippen molar-refractivity contribution in [3.63, 3.8) is 0 Å². The van der Waals surface area contributed by atoms with Crippen molar-refractivity contribution < 1.29 is 23.5 Å². The van der Waals surface area contributed by atoms with Crippen LogP contribution in [0.25, 0.3) is 0 Å². The van der Waals surface area contributed by atoms with Crippen LogP contribution >= 0.6 is 0 Å². The van der Waals surface area contributed by atoms with Crippen LogP contribution in [-0.2, 0) is 20.7 Å². The first-order valence-corrected chi connectivity index (χ1v) is 8.25. The van der Waals surface area contributed by atoms with E-state index in [0.29, 0.717) is 5.76 Å². The van der Waals surface area contributed by atoms with E-state index in [1.807, 2.05) is 31.2 Å². The number of carbonyl (C=O) groups is 3. The van der Waals surface area contributed by atoms with Crippen molar-refractivity contribution >= 4 is 23.5 Å². The normalized spacial score (nSPS) is 10.3. The van der Waals surface area contributed by atoms with E-state index in [-0.39, 0.29) is 18.0 Å². The fraction of sp³-hybridized carbons (Fsp3) is 0.316. The lowest BCUT2D eigenvalue weighted by atomic mass is 10.1. The lowest BCUT2D eigenvalue weighted by Crippen LogP contribution is -2.37. The van der Waals surface area contributed by atoms with Gasteiger partial charge in [0, 0.05) is 12.7 Å². The zero-order valence-corrected chi connectivity index (χ0v) is 15.1. The van der Waals surface area contributed by atoms with Gasteiger partial charge < -0.3 is 19.4 Å². The van der Waals surface area contributed by atoms with Crippen molar-refractivity contribution in [1.82, 2.24) is 4.90 Å². The van der Waals surface area contributed by atoms with E-state index in [9.17, 15) is 14.4 Å². The van der Waals surface area contributed by atoms with Crippen LogP contribution in [0, 0.1) is 6.92 Å². The van der Waals surface area contributed by atoms with E-state index in [1.54, 1.807) is 6.92 Å². The Bertz CT molecular complexity index is 797. The second kappa shape index (κ2) is 8.84. The van der Waals surface area contributed by atoms with Crippen LogP contribution in [0.5, 0.6) is 0 Å². The number of anilines is 1. The molecule has 7 nitrogen and oxygen atoms in total. The lowest BCUT2D eigenvalue weighted by molar-refractivity contribution is -0.136. The second-order valence-electron chi connectivity index (χ2n) is 5.78. The molecule has 0 saturated carbocycles. The van der Waals surface area contributed by atoms with Gasteiger partial charge in [0.2, 0.25) is 5.91 Å². The van der Waals surface area contributed by atoms with E-state index in [0.717, 1.165) is 17.7 Å². The molecule has 2 rings (SSSR count). The summed E-state index contributed by atoms with van der Waals surface area (Å²) in [6.45, 7) is 3.04. The maximum absolute atomic E-state index is 12.1. The number of benzene rings is 1. The largest absolute Gasteiger partial charge is 0.469 e. The first kappa shape index (κ1) is 19.2. The number of furan rings is 1. The number of nitrogens with zero attached hydrogens (tertiary/aromatic N) is 1. The van der Waals surface area contributed by atoms with Gasteiger partial charge in [0.15, 0.2) is 6.61 Å². The molecule has 2 amide bonds. The van der Waals surface area contributed by atoms with Crippen molar-refractivity contribution in [2.75, 3.05) is 25.5 Å². The quantitative estimate of drug-likeness (QED) is 0.768. The van der Waals surface area contributed by atoms with Crippen molar-refractivity contribution in [1.29, 1.82) is 0 Å². The molecule has 138 valence electrons. The summed E-state index contributed by atoms with van der Waals surface area (Å²) in [7, 11) is 1.48. The molecule has 0 unspecified atom stereocenters. The number of rotatable bonds is 7. The molecule has 0 fully saturated rings. The van der Waals surface area contributed by atoms with Crippen molar-refractivity contribution in [3.8, 4) is 0 Å². The van der Waals surface area contributed by atoms with Gasteiger partial charge in [-0.05, 0) is 31.0 Å². The number of aryl methyl sites for hydroxylation is 2. The molecule has 0 aliphatic heterocycles. The SMILES string of the molecule is CCc1ccccc1NC(=O)CN(C)C(=O)COC(=O)c1ccoc1C. The third-order valence-corrected chi connectivity index (χ3v) is 3.88. The van der Waals surface area contributed by atoms with Gasteiger partial charge in [0.1, 0.15) is 11.3 Å². The first-order valence-electron chi connectivity index (χ1n) is 8.25. The minimum absolute atomic E-state index is 0.140. The Morgan fingerprint density at radius 3 is 2.58 bits per heavy atom. The summed E-state index contributed by atoms with van der Waals surface area (Å²) in [4.78, 5) is 37.3. The first-order chi connectivity index (χ1) is 12.4. The zero-order valence-electron chi connectivity index (χ0n) is 15.1. The number of likely N-dealkylation sites (N-methyl/N-ethyl adjacent to an activating group) is 1. The van der Waals surface area contributed by atoms with Gasteiger partial charge in [-0.15, -0.1) is 0 Å². The van der Waals surface area contributed by atoms with Crippen molar-refractivity contribution in [2.45, 2.75) is 20.3 Å². The smallest absolute Gasteiger partial charge is 0.342 e. The van der Waals surface area contributed by atoms with Crippen molar-refractivity contribution in [3.05, 3.63) is 53.5 Å². The molecule has 26 heavy (non-hydrogen) atoms. The predicted octanol–water partition coefficient (Wildman–Crippen LogP) is 2.40. The average molecular weight is 358 g/mol. The molecule has 7 heteroatoms. The fourth-order valence-electron chi connectivity index (χ4n) is 2.36. The average Bonchev–Trinajstić information content (AvgIpc) is 3.05. The molecule has 1 N–H and O–H groups in total. The summed E-state index contributed by atoms with van der Waals surface area (Å²) in [6, 6.07) is 8.96. The molecule has 2 aromatic rings. The number of para-hydroxylation sites is 1. The highest BCUT2D eigenvalue weighted by Gasteiger charge is 2.18. The topological polar surface area (TPSA) is 88.9 Å². The van der Waals surface area contributed by atoms with E-state index in [2.05, 4.69) is 5.32 Å². The van der Waals surface area contributed by atoms with E-state index >= 15 is 0 Å². The van der Waals surface area contributed by atoms with Crippen LogP contribution in [0.4, 0.5) is 5.69 Å². The number of carbonyl (C=O) groups excluding carboxylic acids is 3. The second-order valence-corrected chi connectivity index (χ2v) is 5.78. The number of amides is 2. The molecule has 0 atom stereocenters. The number of nitrogens with one attached hydrogen (secondary N) is 1. The number of hydrogen-bond acceptors (Lipinski definition) is 5. The minimum atomic E-state index is -0.640. The third kappa shape index (κ3) is 4.95. The molecular weight excluding hydrogens is 336 g/mol. The summed E-state index contributed by atoms with van der Waals surface area (Å²) in [5, 5.41) is 2.79. The van der Waals surface area contributed by atoms with Gasteiger partial charge in [-0.25, -0.2) is 4.79 Å². The standard InChI is InChI=1S/C19H22N2O5/c1-4-14-7-5-6-8-16(14)20-17(22)11-21(3)18(23)12-26-19(24)15-9-10-25-13(15)2/h5-10H,4,11-12H2,1-3H3,(H,20,22). The summed E-state index contributed by atoms with van der Waals surface area (Å²) >= 11 is 0. The van der Waals surface area contributed by atoms with Crippen LogP contribution in [0.3, 0.4) is 0 Å². The van der Waals surface area contributed by atoms with Crippen LogP contribution in [0.15, 0.2) is 41.0 Å². The molecule has 1 aromatic heterocycles. The third-order valence-electron chi connectivity index (χ3n) is 3.88. The molecule has 0 aliphatic carbocycles. The molecule has 1 heterocycles. The Morgan fingerprint density at radius 1 is 1.19 bits per heavy atom. The summed E-state index contributed by atoms with van der Waals surface area (Å²) in [5.41, 5.74) is 2.01. The van der Waals surface area contributed by atoms with Gasteiger partial charge in [0.25, 0.3) is 5.91 Å². The number of hydrogen-bond donors (Lipinski definition) is 1. The molecule has 0 bridgehead atoms. The fourth-order valence-corrected chi connectivity index (χ4v) is 2.36. The Balaban J connectivity index is 1.83. The molecular formula is C19H22N2O5. The summed E-state index contributed by atoms with van der Waals surface area (Å²) in [5.74, 6) is -1.01. The lowest BCUT2D eigenvalue weighted by Gasteiger charge is -2.17. The van der Waals surface area contributed by atoms with Crippen LogP contribution in [-0.4, -0.2) is 42.9 Å². The minimum Gasteiger partial charge on any atom is -0.469 e. The van der Waals surface area contributed by atoms with Gasteiger partial charge in [0.05, 0.1) is 12.8 Å². The number of esters is 1. The molecule has 0 saturated heterocycles. The van der Waals surface area contributed by atoms with Gasteiger partial charge >= 0.3 is 5.97 Å². The van der Waals surface area contributed by atoms with Crippen molar-refractivity contribution in [2.24, 2.45) is 0 Å². The zero-order chi connectivity index (χ0) is 19.1. The number of ether oxygens (including phenoxy) is 1. The van der Waals surface area contributed by atoms with E-state index < -0.39 is 18.5 Å². The molecule has 1 aromatic carbocycles. The maximum atomic E-state index is 12.1. The van der Waals surface area contributed by atoms with Gasteiger partial charge in [-0.1, -0.05) is 25.1 Å². The summed E-state index contributed by atoms with van der Waals surface area (Å²) in [6.07, 6.45) is 2.16. The monoisotopic (exact) mass is 358 g/mol. The molecule has 0 radical (unpaired) electrons. The Kier molecular flexibility index (Phi) is 6.54. The highest BCUT2D eigenvalue weighted by Crippen LogP contribution is 2.15. The van der Waals surface area contributed by atoms with Crippen LogP contribution < -0.4 is 5.32 Å². The maximum Gasteiger partial charge on any atom is 0.342 e. The molecule has 0 spiro atoms. The Labute approximate surface area is 151 Å². The van der Waals surface area contributed by atoms with Crippen LogP contribution in [0.1, 0.15) is 28.6 Å². The highest BCUT2D eigenvalue weighted by atomic mass is 16.5. The van der Waals surface area contributed by atoms with Gasteiger partial charge in [-0.3, -0.25) is 9.59 Å². The molecule has 0 aliphatic rings. The van der Waals surface area contributed by atoms with Gasteiger partial charge in [-0.2, -0.15) is 0 Å². The predicted molar refractivity (Wildman–Crippen MR) is 95.8 cm³/mol. The Hall–Kier alpha value is -3.09. The highest BCUT2D eigenvalue weighted by molar-refractivity contribution is 5.96. The van der Waals surface area contributed by atoms with Crippen LogP contribution in [0.2, 0.25) is 0 Å². The van der Waals surface area contributed by atoms with E-state index in [4.69, 9.17) is 9.15 Å². The summed E-state index contributed by atoms with van der Waals surface area (Å²) < 4.78 is 9.98. The van der Waals surface area contributed by atoms with E-state index in [1.165, 1.54) is 24.3 Å². The Morgan fingerprint density at radius 2 is 1.92 bits per heavy atom.